The number of hydrogen-bond acceptors (Lipinski definition) is 3. The minimum atomic E-state index is -0.0544. The quantitative estimate of drug-likeness (QED) is 0.398. The normalized spacial score (nSPS) is 25.8. The predicted molar refractivity (Wildman–Crippen MR) is 56.4 cm³/mol. The molecule has 0 aromatic rings. The molecule has 2 atom stereocenters. The van der Waals surface area contributed by atoms with E-state index in [1.807, 2.05) is 6.92 Å². The Labute approximate surface area is 85.8 Å². The summed E-state index contributed by atoms with van der Waals surface area (Å²) in [7, 11) is 0. The molecule has 0 aliphatic carbocycles. The van der Waals surface area contributed by atoms with Gasteiger partial charge in [0.25, 0.3) is 5.91 Å². The van der Waals surface area contributed by atoms with Crippen molar-refractivity contribution in [3.05, 3.63) is 0 Å². The number of nitrogens with one attached hydrogen (secondary N) is 1. The van der Waals surface area contributed by atoms with Gasteiger partial charge >= 0.3 is 0 Å². The van der Waals surface area contributed by atoms with Crippen molar-refractivity contribution in [2.24, 2.45) is 5.84 Å². The number of rotatable bonds is 3. The first-order valence-electron chi connectivity index (χ1n) is 5.47. The zero-order chi connectivity index (χ0) is 10.6. The molecule has 1 fully saturated rings. The van der Waals surface area contributed by atoms with Crippen LogP contribution in [-0.4, -0.2) is 29.4 Å². The molecule has 1 saturated heterocycles. The van der Waals surface area contributed by atoms with Gasteiger partial charge in [0, 0.05) is 6.04 Å². The van der Waals surface area contributed by atoms with Gasteiger partial charge in [-0.3, -0.25) is 15.1 Å². The average Bonchev–Trinajstić information content (AvgIpc) is 2.21. The highest BCUT2D eigenvalue weighted by molar-refractivity contribution is 5.81. The number of likely N-dealkylation sites (tertiary alicyclic amines) is 1. The molecule has 0 aromatic carbocycles. The summed E-state index contributed by atoms with van der Waals surface area (Å²) in [5.74, 6) is 5.12. The highest BCUT2D eigenvalue weighted by atomic mass is 16.2. The second kappa shape index (κ2) is 5.32. The third kappa shape index (κ3) is 2.45. The lowest BCUT2D eigenvalue weighted by Gasteiger charge is -2.38. The van der Waals surface area contributed by atoms with Crippen LogP contribution >= 0.6 is 0 Å². The molecule has 1 aliphatic heterocycles. The molecule has 1 amide bonds. The fourth-order valence-corrected chi connectivity index (χ4v) is 2.25. The molecule has 1 rings (SSSR count). The monoisotopic (exact) mass is 199 g/mol. The fraction of sp³-hybridized carbons (Fsp3) is 0.900. The maximum Gasteiger partial charge on any atom is 0.251 e. The Bertz CT molecular complexity index is 196. The average molecular weight is 199 g/mol. The van der Waals surface area contributed by atoms with E-state index in [2.05, 4.69) is 17.2 Å². The van der Waals surface area contributed by atoms with Gasteiger partial charge in [-0.05, 0) is 32.7 Å². The van der Waals surface area contributed by atoms with Crippen LogP contribution in [0, 0.1) is 0 Å². The Hall–Kier alpha value is -0.610. The van der Waals surface area contributed by atoms with Crippen molar-refractivity contribution in [2.75, 3.05) is 6.54 Å². The van der Waals surface area contributed by atoms with Crippen molar-refractivity contribution in [2.45, 2.75) is 51.6 Å². The molecule has 4 heteroatoms. The molecule has 0 spiro atoms. The Balaban J connectivity index is 2.61. The second-order valence-corrected chi connectivity index (χ2v) is 4.02. The van der Waals surface area contributed by atoms with Gasteiger partial charge in [-0.25, -0.2) is 5.84 Å². The van der Waals surface area contributed by atoms with Crippen LogP contribution in [0.5, 0.6) is 0 Å². The van der Waals surface area contributed by atoms with Crippen LogP contribution in [0.3, 0.4) is 0 Å². The maximum absolute atomic E-state index is 11.5. The van der Waals surface area contributed by atoms with Gasteiger partial charge in [0.2, 0.25) is 0 Å². The summed E-state index contributed by atoms with van der Waals surface area (Å²) in [5.41, 5.74) is 2.25. The summed E-state index contributed by atoms with van der Waals surface area (Å²) >= 11 is 0. The number of piperidine rings is 1. The molecular weight excluding hydrogens is 178 g/mol. The highest BCUT2D eigenvalue weighted by Gasteiger charge is 2.29. The summed E-state index contributed by atoms with van der Waals surface area (Å²) in [4.78, 5) is 13.8. The number of nitrogens with zero attached hydrogens (tertiary/aromatic N) is 1. The number of hydrogen-bond donors (Lipinski definition) is 2. The van der Waals surface area contributed by atoms with Gasteiger partial charge in [-0.15, -0.1) is 0 Å². The van der Waals surface area contributed by atoms with Crippen LogP contribution in [0.25, 0.3) is 0 Å². The van der Waals surface area contributed by atoms with E-state index >= 15 is 0 Å². The van der Waals surface area contributed by atoms with Crippen LogP contribution in [0.4, 0.5) is 0 Å². The lowest BCUT2D eigenvalue weighted by atomic mass is 10.00. The number of hydrazine groups is 1. The summed E-state index contributed by atoms with van der Waals surface area (Å²) in [6.45, 7) is 5.24. The van der Waals surface area contributed by atoms with E-state index in [0.717, 1.165) is 13.0 Å². The highest BCUT2D eigenvalue weighted by Crippen LogP contribution is 2.20. The van der Waals surface area contributed by atoms with Crippen molar-refractivity contribution in [1.29, 1.82) is 0 Å². The molecule has 0 saturated carbocycles. The first kappa shape index (κ1) is 11.5. The Morgan fingerprint density at radius 1 is 1.64 bits per heavy atom. The van der Waals surface area contributed by atoms with E-state index in [1.54, 1.807) is 0 Å². The minimum absolute atomic E-state index is 0.0460. The molecule has 4 nitrogen and oxygen atoms in total. The summed E-state index contributed by atoms with van der Waals surface area (Å²) in [5, 5.41) is 0. The van der Waals surface area contributed by atoms with E-state index in [0.29, 0.717) is 6.04 Å². The van der Waals surface area contributed by atoms with Crippen molar-refractivity contribution < 1.29 is 4.79 Å². The number of nitrogens with two attached hydrogens (primary N) is 1. The van der Waals surface area contributed by atoms with Gasteiger partial charge < -0.3 is 0 Å². The van der Waals surface area contributed by atoms with E-state index in [4.69, 9.17) is 5.84 Å². The zero-order valence-electron chi connectivity index (χ0n) is 9.12. The van der Waals surface area contributed by atoms with Gasteiger partial charge in [-0.1, -0.05) is 13.3 Å². The SMILES string of the molecule is CCC(C(=O)NN)N1CCCCC1C. The van der Waals surface area contributed by atoms with Crippen molar-refractivity contribution in [3.63, 3.8) is 0 Å². The molecule has 0 bridgehead atoms. The predicted octanol–water partition coefficient (Wildman–Crippen LogP) is 0.629. The first-order valence-corrected chi connectivity index (χ1v) is 5.47. The van der Waals surface area contributed by atoms with Crippen LogP contribution in [0.2, 0.25) is 0 Å². The molecule has 14 heavy (non-hydrogen) atoms. The number of carbonyl (C=O) groups is 1. The van der Waals surface area contributed by atoms with Crippen LogP contribution in [0.15, 0.2) is 0 Å². The van der Waals surface area contributed by atoms with E-state index < -0.39 is 0 Å². The van der Waals surface area contributed by atoms with Crippen molar-refractivity contribution >= 4 is 5.91 Å². The molecule has 3 N–H and O–H groups in total. The third-order valence-corrected chi connectivity index (χ3v) is 3.09. The smallest absolute Gasteiger partial charge is 0.251 e. The lowest BCUT2D eigenvalue weighted by molar-refractivity contribution is -0.128. The Morgan fingerprint density at radius 3 is 2.86 bits per heavy atom. The maximum atomic E-state index is 11.5. The number of carbonyl (C=O) groups excluding carboxylic acids is 1. The summed E-state index contributed by atoms with van der Waals surface area (Å²) in [6.07, 6.45) is 4.48. The van der Waals surface area contributed by atoms with Crippen molar-refractivity contribution in [3.8, 4) is 0 Å². The van der Waals surface area contributed by atoms with E-state index in [1.165, 1.54) is 19.3 Å². The molecule has 2 unspecified atom stereocenters. The van der Waals surface area contributed by atoms with E-state index in [-0.39, 0.29) is 11.9 Å². The van der Waals surface area contributed by atoms with Crippen molar-refractivity contribution in [1.82, 2.24) is 10.3 Å². The van der Waals surface area contributed by atoms with E-state index in [9.17, 15) is 4.79 Å². The van der Waals surface area contributed by atoms with Gasteiger partial charge in [0.1, 0.15) is 0 Å². The van der Waals surface area contributed by atoms with Gasteiger partial charge in [0.05, 0.1) is 6.04 Å². The minimum Gasteiger partial charge on any atom is -0.293 e. The molecule has 0 aromatic heterocycles. The largest absolute Gasteiger partial charge is 0.293 e. The Morgan fingerprint density at radius 2 is 2.36 bits per heavy atom. The Kier molecular flexibility index (Phi) is 4.35. The zero-order valence-corrected chi connectivity index (χ0v) is 9.12. The molecule has 1 aliphatic rings. The molecule has 82 valence electrons. The van der Waals surface area contributed by atoms with Crippen LogP contribution in [-0.2, 0) is 4.79 Å². The first-order chi connectivity index (χ1) is 6.70. The summed E-state index contributed by atoms with van der Waals surface area (Å²) in [6, 6.07) is 0.460. The third-order valence-electron chi connectivity index (χ3n) is 3.09. The lowest BCUT2D eigenvalue weighted by Crippen LogP contribution is -2.53. The van der Waals surface area contributed by atoms with Gasteiger partial charge in [0.15, 0.2) is 0 Å². The second-order valence-electron chi connectivity index (χ2n) is 4.02. The van der Waals surface area contributed by atoms with Crippen LogP contribution in [0.1, 0.15) is 39.5 Å². The molecular formula is C10H21N3O. The molecule has 1 heterocycles. The fourth-order valence-electron chi connectivity index (χ4n) is 2.25. The topological polar surface area (TPSA) is 58.4 Å². The number of amides is 1. The van der Waals surface area contributed by atoms with Gasteiger partial charge in [-0.2, -0.15) is 0 Å². The molecule has 0 radical (unpaired) electrons. The summed E-state index contributed by atoms with van der Waals surface area (Å²) < 4.78 is 0. The standard InChI is InChI=1S/C10H21N3O/c1-3-9(10(14)12-11)13-7-5-4-6-8(13)2/h8-9H,3-7,11H2,1-2H3,(H,12,14). The van der Waals surface area contributed by atoms with Crippen LogP contribution < -0.4 is 11.3 Å².